The van der Waals surface area contributed by atoms with Gasteiger partial charge in [0.1, 0.15) is 0 Å². The standard InChI is InChI=1S/C20H13Cl2NO3S/c21-13-3-1-11(2-4-13)17-9-12-7-8-23(19(24)18(12)27-17)14-5-6-15(20(25)26)16(22)10-14/h1-6,9-10H,7-8H2,(H,25,26). The van der Waals surface area contributed by atoms with Crippen molar-refractivity contribution >= 4 is 52.1 Å². The minimum atomic E-state index is -1.09. The maximum absolute atomic E-state index is 13.0. The lowest BCUT2D eigenvalue weighted by atomic mass is 10.0. The molecule has 1 N–H and O–H groups in total. The van der Waals surface area contributed by atoms with Crippen molar-refractivity contribution in [2.45, 2.75) is 6.42 Å². The lowest BCUT2D eigenvalue weighted by Gasteiger charge is -2.27. The summed E-state index contributed by atoms with van der Waals surface area (Å²) in [6, 6.07) is 14.2. The average Bonchev–Trinajstić information content (AvgIpc) is 3.07. The van der Waals surface area contributed by atoms with E-state index in [1.54, 1.807) is 11.0 Å². The lowest BCUT2D eigenvalue weighted by molar-refractivity contribution is 0.0697. The van der Waals surface area contributed by atoms with Crippen molar-refractivity contribution in [2.75, 3.05) is 11.4 Å². The molecule has 27 heavy (non-hydrogen) atoms. The second kappa shape index (κ2) is 7.00. The molecule has 1 aliphatic rings. The fourth-order valence-corrected chi connectivity index (χ4v) is 4.65. The van der Waals surface area contributed by atoms with Crippen LogP contribution in [0, 0.1) is 0 Å². The summed E-state index contributed by atoms with van der Waals surface area (Å²) in [4.78, 5) is 27.5. The second-order valence-electron chi connectivity index (χ2n) is 6.15. The SMILES string of the molecule is O=C(O)c1ccc(N2CCc3cc(-c4ccc(Cl)cc4)sc3C2=O)cc1Cl. The summed E-state index contributed by atoms with van der Waals surface area (Å²) in [7, 11) is 0. The molecule has 0 bridgehead atoms. The van der Waals surface area contributed by atoms with Gasteiger partial charge in [-0.3, -0.25) is 4.79 Å². The first kappa shape index (κ1) is 18.0. The van der Waals surface area contributed by atoms with Gasteiger partial charge >= 0.3 is 5.97 Å². The smallest absolute Gasteiger partial charge is 0.337 e. The third kappa shape index (κ3) is 3.34. The van der Waals surface area contributed by atoms with Gasteiger partial charge in [0.15, 0.2) is 0 Å². The fraction of sp³-hybridized carbons (Fsp3) is 0.100. The van der Waals surface area contributed by atoms with Crippen molar-refractivity contribution in [3.8, 4) is 10.4 Å². The van der Waals surface area contributed by atoms with Crippen LogP contribution in [-0.4, -0.2) is 23.5 Å². The Kier molecular flexibility index (Phi) is 4.68. The number of aromatic carboxylic acids is 1. The summed E-state index contributed by atoms with van der Waals surface area (Å²) in [6.45, 7) is 0.519. The Balaban J connectivity index is 1.66. The summed E-state index contributed by atoms with van der Waals surface area (Å²) < 4.78 is 0. The number of carbonyl (C=O) groups excluding carboxylic acids is 1. The van der Waals surface area contributed by atoms with Crippen molar-refractivity contribution < 1.29 is 14.7 Å². The number of rotatable bonds is 3. The molecule has 4 nitrogen and oxygen atoms in total. The maximum Gasteiger partial charge on any atom is 0.337 e. The molecule has 2 heterocycles. The van der Waals surface area contributed by atoms with Crippen LogP contribution in [0.3, 0.4) is 0 Å². The lowest BCUT2D eigenvalue weighted by Crippen LogP contribution is -2.36. The molecule has 0 spiro atoms. The molecule has 1 amide bonds. The number of amides is 1. The topological polar surface area (TPSA) is 57.6 Å². The van der Waals surface area contributed by atoms with Gasteiger partial charge in [0.25, 0.3) is 5.91 Å². The van der Waals surface area contributed by atoms with Gasteiger partial charge in [-0.1, -0.05) is 35.3 Å². The van der Waals surface area contributed by atoms with E-state index in [1.807, 2.05) is 24.3 Å². The van der Waals surface area contributed by atoms with Crippen LogP contribution in [-0.2, 0) is 6.42 Å². The first-order valence-electron chi connectivity index (χ1n) is 8.17. The van der Waals surface area contributed by atoms with Crippen LogP contribution in [0.4, 0.5) is 5.69 Å². The zero-order valence-corrected chi connectivity index (χ0v) is 16.2. The van der Waals surface area contributed by atoms with Gasteiger partial charge in [-0.2, -0.15) is 0 Å². The average molecular weight is 418 g/mol. The maximum atomic E-state index is 13.0. The highest BCUT2D eigenvalue weighted by Crippen LogP contribution is 2.37. The summed E-state index contributed by atoms with van der Waals surface area (Å²) in [5.41, 5.74) is 2.67. The molecule has 136 valence electrons. The zero-order valence-electron chi connectivity index (χ0n) is 13.9. The number of carbonyl (C=O) groups is 2. The third-order valence-electron chi connectivity index (χ3n) is 4.48. The van der Waals surface area contributed by atoms with Gasteiger partial charge in [0.05, 0.1) is 15.5 Å². The van der Waals surface area contributed by atoms with Crippen LogP contribution < -0.4 is 4.90 Å². The predicted molar refractivity (Wildman–Crippen MR) is 109 cm³/mol. The number of carboxylic acid groups (broad SMARTS) is 1. The van der Waals surface area contributed by atoms with E-state index in [0.29, 0.717) is 22.1 Å². The molecule has 0 atom stereocenters. The first-order valence-corrected chi connectivity index (χ1v) is 9.74. The van der Waals surface area contributed by atoms with Crippen LogP contribution in [0.1, 0.15) is 25.6 Å². The van der Waals surface area contributed by atoms with Gasteiger partial charge in [-0.15, -0.1) is 11.3 Å². The molecule has 0 radical (unpaired) electrons. The Bertz CT molecular complexity index is 1060. The van der Waals surface area contributed by atoms with Crippen LogP contribution in [0.2, 0.25) is 10.0 Å². The van der Waals surface area contributed by atoms with E-state index in [2.05, 4.69) is 6.07 Å². The largest absolute Gasteiger partial charge is 0.478 e. The molecule has 3 aromatic rings. The van der Waals surface area contributed by atoms with Gasteiger partial charge in [-0.05, 0) is 53.9 Å². The summed E-state index contributed by atoms with van der Waals surface area (Å²) in [5, 5.41) is 9.89. The number of fused-ring (bicyclic) bond motifs is 1. The highest BCUT2D eigenvalue weighted by atomic mass is 35.5. The molecule has 1 aromatic heterocycles. The third-order valence-corrected chi connectivity index (χ3v) is 6.26. The van der Waals surface area contributed by atoms with Crippen molar-refractivity contribution in [3.05, 3.63) is 74.6 Å². The summed E-state index contributed by atoms with van der Waals surface area (Å²) in [6.07, 6.45) is 0.726. The minimum absolute atomic E-state index is 0.0201. The molecule has 0 saturated carbocycles. The van der Waals surface area contributed by atoms with Crippen molar-refractivity contribution in [1.29, 1.82) is 0 Å². The fourth-order valence-electron chi connectivity index (χ4n) is 3.10. The molecule has 4 rings (SSSR count). The number of thiophene rings is 1. The van der Waals surface area contributed by atoms with Crippen LogP contribution >= 0.6 is 34.5 Å². The molecule has 7 heteroatoms. The molecule has 0 fully saturated rings. The molecular formula is C20H13Cl2NO3S. The van der Waals surface area contributed by atoms with Gasteiger partial charge < -0.3 is 10.0 Å². The van der Waals surface area contributed by atoms with Gasteiger partial charge in [0, 0.05) is 22.1 Å². The number of carboxylic acids is 1. The molecular weight excluding hydrogens is 405 g/mol. The summed E-state index contributed by atoms with van der Waals surface area (Å²) >= 11 is 13.5. The van der Waals surface area contributed by atoms with Crippen molar-refractivity contribution in [2.24, 2.45) is 0 Å². The van der Waals surface area contributed by atoms with E-state index in [0.717, 1.165) is 22.4 Å². The highest BCUT2D eigenvalue weighted by molar-refractivity contribution is 7.17. The van der Waals surface area contributed by atoms with Crippen LogP contribution in [0.5, 0.6) is 0 Å². The van der Waals surface area contributed by atoms with E-state index in [4.69, 9.17) is 28.3 Å². The monoisotopic (exact) mass is 417 g/mol. The van der Waals surface area contributed by atoms with Gasteiger partial charge in [-0.25, -0.2) is 4.79 Å². The molecule has 0 unspecified atom stereocenters. The Morgan fingerprint density at radius 3 is 2.48 bits per heavy atom. The number of hydrogen-bond donors (Lipinski definition) is 1. The number of nitrogens with zero attached hydrogens (tertiary/aromatic N) is 1. The van der Waals surface area contributed by atoms with E-state index in [-0.39, 0.29) is 16.5 Å². The Morgan fingerprint density at radius 1 is 1.07 bits per heavy atom. The van der Waals surface area contributed by atoms with Crippen LogP contribution in [0.15, 0.2) is 48.5 Å². The molecule has 0 saturated heterocycles. The quantitative estimate of drug-likeness (QED) is 0.601. The Hall–Kier alpha value is -2.34. The molecule has 0 aliphatic carbocycles. The van der Waals surface area contributed by atoms with E-state index < -0.39 is 5.97 Å². The van der Waals surface area contributed by atoms with Crippen LogP contribution in [0.25, 0.3) is 10.4 Å². The van der Waals surface area contributed by atoms with Gasteiger partial charge in [0.2, 0.25) is 0 Å². The Morgan fingerprint density at radius 2 is 1.81 bits per heavy atom. The first-order chi connectivity index (χ1) is 12.9. The number of anilines is 1. The highest BCUT2D eigenvalue weighted by Gasteiger charge is 2.28. The summed E-state index contributed by atoms with van der Waals surface area (Å²) in [5.74, 6) is -1.19. The number of halogens is 2. The normalized spacial score (nSPS) is 13.6. The van der Waals surface area contributed by atoms with E-state index in [1.165, 1.54) is 23.5 Å². The van der Waals surface area contributed by atoms with E-state index >= 15 is 0 Å². The van der Waals surface area contributed by atoms with Crippen molar-refractivity contribution in [3.63, 3.8) is 0 Å². The number of benzene rings is 2. The van der Waals surface area contributed by atoms with E-state index in [9.17, 15) is 9.59 Å². The predicted octanol–water partition coefficient (Wildman–Crippen LogP) is 5.62. The zero-order chi connectivity index (χ0) is 19.1. The van der Waals surface area contributed by atoms with Crippen molar-refractivity contribution in [1.82, 2.24) is 0 Å². The second-order valence-corrected chi connectivity index (χ2v) is 8.04. The Labute approximate surface area is 169 Å². The molecule has 2 aromatic carbocycles. The number of hydrogen-bond acceptors (Lipinski definition) is 3. The molecule has 1 aliphatic heterocycles. The minimum Gasteiger partial charge on any atom is -0.478 e.